The summed E-state index contributed by atoms with van der Waals surface area (Å²) in [6, 6.07) is 60.5. The topological polar surface area (TPSA) is 32.8 Å². The molecule has 2 aliphatic heterocycles. The molecule has 0 bridgehead atoms. The number of unbranched alkanes of at least 4 members (excludes halogenated alkanes) is 2. The van der Waals surface area contributed by atoms with Crippen molar-refractivity contribution in [2.75, 3.05) is 9.71 Å². The molecule has 4 heterocycles. The van der Waals surface area contributed by atoms with Crippen molar-refractivity contribution in [1.82, 2.24) is 0 Å². The fraction of sp³-hybridized carbons (Fsp3) is 0.143. The SMILES string of the molecule is CCCCc1ccc(N2B3c4ccc5oc6ccccc6c5c4N(c4ccc(CCCC)cc4-c4ccccc4)c4cc5c(oc6ccccc65)c(c43)-c3ccccc32)cc1. The van der Waals surface area contributed by atoms with Crippen molar-refractivity contribution >= 4 is 90.1 Å². The number of benzene rings is 8. The van der Waals surface area contributed by atoms with Gasteiger partial charge in [0, 0.05) is 49.9 Å². The normalized spacial score (nSPS) is 13.0. The van der Waals surface area contributed by atoms with E-state index >= 15 is 0 Å². The number of fused-ring (bicyclic) bond motifs is 12. The smallest absolute Gasteiger partial charge is 0.333 e. The van der Waals surface area contributed by atoms with Gasteiger partial charge < -0.3 is 18.5 Å². The number of aryl methyl sites for hydroxylation is 2. The van der Waals surface area contributed by atoms with Crippen LogP contribution in [0.5, 0.6) is 0 Å². The standard InChI is InChI=1S/C56H45BN2O2/c1-3-5-16-36-26-29-39(30-27-36)59-47-23-13-10-21-41(47)53-54-48(35-44-40-20-11-14-24-49(40)61-56(44)53)58(46-32-28-37(17-6-4-2)34-43(46)38-18-8-7-9-19-38)55-45(57(54)59)31-33-51-52(55)42-22-12-15-25-50(42)60-51/h7-15,18-35H,3-6,16-17H2,1-2H3. The quantitative estimate of drug-likeness (QED) is 0.136. The first-order valence-electron chi connectivity index (χ1n) is 22.1. The Labute approximate surface area is 356 Å². The Bertz CT molecular complexity index is 3310. The van der Waals surface area contributed by atoms with Crippen LogP contribution in [0.15, 0.2) is 173 Å². The maximum Gasteiger partial charge on any atom is 0.333 e. The summed E-state index contributed by atoms with van der Waals surface area (Å²) in [5.74, 6) is 0. The predicted molar refractivity (Wildman–Crippen MR) is 257 cm³/mol. The highest BCUT2D eigenvalue weighted by Gasteiger charge is 2.47. The number of hydrogen-bond donors (Lipinski definition) is 0. The second-order valence-corrected chi connectivity index (χ2v) is 16.9. The maximum atomic E-state index is 7.01. The molecular formula is C56H45BN2O2. The minimum absolute atomic E-state index is 0.174. The summed E-state index contributed by atoms with van der Waals surface area (Å²) in [7, 11) is 0. The van der Waals surface area contributed by atoms with E-state index in [1.54, 1.807) is 0 Å². The monoisotopic (exact) mass is 788 g/mol. The summed E-state index contributed by atoms with van der Waals surface area (Å²) >= 11 is 0. The van der Waals surface area contributed by atoms with Crippen molar-refractivity contribution in [3.8, 4) is 22.3 Å². The second-order valence-electron chi connectivity index (χ2n) is 16.9. The van der Waals surface area contributed by atoms with Gasteiger partial charge in [-0.15, -0.1) is 0 Å². The minimum Gasteiger partial charge on any atom is -0.456 e. The van der Waals surface area contributed by atoms with Crippen LogP contribution in [0.1, 0.15) is 50.7 Å². The maximum absolute atomic E-state index is 7.01. The van der Waals surface area contributed by atoms with Crippen LogP contribution in [0.25, 0.3) is 66.1 Å². The average Bonchev–Trinajstić information content (AvgIpc) is 3.89. The van der Waals surface area contributed by atoms with Crippen LogP contribution in [0.4, 0.5) is 28.4 Å². The lowest BCUT2D eigenvalue weighted by Crippen LogP contribution is -2.61. The molecular weight excluding hydrogens is 743 g/mol. The molecule has 0 radical (unpaired) electrons. The zero-order valence-electron chi connectivity index (χ0n) is 34.6. The van der Waals surface area contributed by atoms with Crippen molar-refractivity contribution in [3.05, 3.63) is 175 Å². The number of nitrogens with zero attached hydrogens (tertiary/aromatic N) is 2. The number of para-hydroxylation sites is 3. The molecule has 0 aliphatic carbocycles. The third-order valence-electron chi connectivity index (χ3n) is 13.2. The van der Waals surface area contributed by atoms with Gasteiger partial charge >= 0.3 is 6.85 Å². The van der Waals surface area contributed by atoms with E-state index in [9.17, 15) is 0 Å². The lowest BCUT2D eigenvalue weighted by molar-refractivity contribution is 0.669. The molecule has 4 nitrogen and oxygen atoms in total. The van der Waals surface area contributed by atoms with Gasteiger partial charge in [0.2, 0.25) is 0 Å². The Morgan fingerprint density at radius 1 is 0.508 bits per heavy atom. The highest BCUT2D eigenvalue weighted by Crippen LogP contribution is 2.53. The van der Waals surface area contributed by atoms with Gasteiger partial charge in [-0.1, -0.05) is 136 Å². The Hall–Kier alpha value is -6.98. The van der Waals surface area contributed by atoms with E-state index in [-0.39, 0.29) is 6.85 Å². The molecule has 0 amide bonds. The van der Waals surface area contributed by atoms with Crippen LogP contribution < -0.4 is 20.6 Å². The fourth-order valence-corrected chi connectivity index (χ4v) is 10.3. The molecule has 2 aromatic heterocycles. The molecule has 294 valence electrons. The largest absolute Gasteiger partial charge is 0.456 e. The molecule has 0 spiro atoms. The third kappa shape index (κ3) is 5.53. The van der Waals surface area contributed by atoms with E-state index in [4.69, 9.17) is 8.83 Å². The first-order chi connectivity index (χ1) is 30.2. The molecule has 0 fully saturated rings. The van der Waals surface area contributed by atoms with E-state index in [0.717, 1.165) is 92.2 Å². The van der Waals surface area contributed by atoms with Crippen molar-refractivity contribution in [2.45, 2.75) is 52.4 Å². The first kappa shape index (κ1) is 35.9. The van der Waals surface area contributed by atoms with E-state index in [2.05, 4.69) is 187 Å². The number of hydrogen-bond acceptors (Lipinski definition) is 4. The zero-order valence-corrected chi connectivity index (χ0v) is 34.6. The van der Waals surface area contributed by atoms with Crippen LogP contribution >= 0.6 is 0 Å². The third-order valence-corrected chi connectivity index (χ3v) is 13.2. The van der Waals surface area contributed by atoms with Crippen LogP contribution in [-0.2, 0) is 12.8 Å². The van der Waals surface area contributed by atoms with Crippen LogP contribution in [0.3, 0.4) is 0 Å². The molecule has 2 aliphatic rings. The summed E-state index contributed by atoms with van der Waals surface area (Å²) < 4.78 is 13.8. The van der Waals surface area contributed by atoms with E-state index in [0.29, 0.717) is 0 Å². The van der Waals surface area contributed by atoms with E-state index in [1.807, 2.05) is 0 Å². The highest BCUT2D eigenvalue weighted by atomic mass is 16.3. The summed E-state index contributed by atoms with van der Waals surface area (Å²) in [6.45, 7) is 4.36. The Balaban J connectivity index is 1.25. The Kier molecular flexibility index (Phi) is 8.45. The van der Waals surface area contributed by atoms with Crippen LogP contribution in [0, 0.1) is 0 Å². The summed E-state index contributed by atoms with van der Waals surface area (Å²) in [6.07, 6.45) is 6.78. The van der Waals surface area contributed by atoms with Gasteiger partial charge in [0.1, 0.15) is 22.3 Å². The van der Waals surface area contributed by atoms with Crippen LogP contribution in [0.2, 0.25) is 0 Å². The second kappa shape index (κ2) is 14.3. The molecule has 10 aromatic rings. The van der Waals surface area contributed by atoms with Gasteiger partial charge in [0.15, 0.2) is 0 Å². The fourth-order valence-electron chi connectivity index (χ4n) is 10.3. The van der Waals surface area contributed by atoms with E-state index < -0.39 is 0 Å². The molecule has 12 rings (SSSR count). The molecule has 0 N–H and O–H groups in total. The molecule has 8 aromatic carbocycles. The zero-order chi connectivity index (χ0) is 40.6. The van der Waals surface area contributed by atoms with E-state index in [1.165, 1.54) is 63.0 Å². The number of rotatable bonds is 9. The van der Waals surface area contributed by atoms with Gasteiger partial charge in [-0.05, 0) is 108 Å². The summed E-state index contributed by atoms with van der Waals surface area (Å²) in [5, 5.41) is 4.47. The summed E-state index contributed by atoms with van der Waals surface area (Å²) in [4.78, 5) is 5.18. The van der Waals surface area contributed by atoms with Crippen molar-refractivity contribution in [1.29, 1.82) is 0 Å². The van der Waals surface area contributed by atoms with Crippen molar-refractivity contribution in [3.63, 3.8) is 0 Å². The highest BCUT2D eigenvalue weighted by molar-refractivity contribution is 6.94. The molecule has 0 atom stereocenters. The molecule has 0 unspecified atom stereocenters. The Morgan fingerprint density at radius 3 is 2.00 bits per heavy atom. The first-order valence-corrected chi connectivity index (χ1v) is 22.1. The van der Waals surface area contributed by atoms with Gasteiger partial charge in [0.05, 0.1) is 16.8 Å². The lowest BCUT2D eigenvalue weighted by Gasteiger charge is -2.46. The average molecular weight is 789 g/mol. The van der Waals surface area contributed by atoms with Gasteiger partial charge in [-0.3, -0.25) is 0 Å². The molecule has 0 saturated carbocycles. The van der Waals surface area contributed by atoms with Gasteiger partial charge in [0.25, 0.3) is 0 Å². The summed E-state index contributed by atoms with van der Waals surface area (Å²) in [5.41, 5.74) is 19.3. The van der Waals surface area contributed by atoms with Crippen molar-refractivity contribution in [2.24, 2.45) is 0 Å². The van der Waals surface area contributed by atoms with Crippen LogP contribution in [-0.4, -0.2) is 6.85 Å². The Morgan fingerprint density at radius 2 is 1.20 bits per heavy atom. The van der Waals surface area contributed by atoms with Gasteiger partial charge in [-0.25, -0.2) is 0 Å². The van der Waals surface area contributed by atoms with Gasteiger partial charge in [-0.2, -0.15) is 0 Å². The molecule has 0 saturated heterocycles. The predicted octanol–water partition coefficient (Wildman–Crippen LogP) is 14.5. The number of furan rings is 2. The minimum atomic E-state index is -0.174. The lowest BCUT2D eigenvalue weighted by atomic mass is 9.43. The number of anilines is 5. The molecule has 5 heteroatoms. The molecule has 61 heavy (non-hydrogen) atoms. The van der Waals surface area contributed by atoms with Crippen molar-refractivity contribution < 1.29 is 8.83 Å².